The normalized spacial score (nSPS) is 10.6. The van der Waals surface area contributed by atoms with Gasteiger partial charge in [-0.2, -0.15) is 0 Å². The Morgan fingerprint density at radius 2 is 2.46 bits per heavy atom. The van der Waals surface area contributed by atoms with Gasteiger partial charge in [-0.25, -0.2) is 0 Å². The number of hydrogen-bond acceptors (Lipinski definition) is 3. The van der Waals surface area contributed by atoms with Crippen LogP contribution in [0.5, 0.6) is 5.75 Å². The van der Waals surface area contributed by atoms with Crippen molar-refractivity contribution in [3.63, 3.8) is 0 Å². The number of pyridine rings is 1. The number of nitrogens with two attached hydrogens (primary N) is 1. The molecule has 0 aliphatic carbocycles. The van der Waals surface area contributed by atoms with Gasteiger partial charge in [0.25, 0.3) is 0 Å². The smallest absolute Gasteiger partial charge is 0.144 e. The Kier molecular flexibility index (Phi) is 3.99. The van der Waals surface area contributed by atoms with Crippen LogP contribution < -0.4 is 10.5 Å². The molecule has 0 saturated carbocycles. The molecule has 13 heavy (non-hydrogen) atoms. The summed E-state index contributed by atoms with van der Waals surface area (Å²) in [5.74, 6) is 0.788. The van der Waals surface area contributed by atoms with Gasteiger partial charge in [0.2, 0.25) is 0 Å². The molecule has 0 saturated heterocycles. The van der Waals surface area contributed by atoms with E-state index in [2.05, 4.69) is 4.98 Å². The highest BCUT2D eigenvalue weighted by Crippen LogP contribution is 2.15. The average molecular weight is 178 g/mol. The second kappa shape index (κ2) is 5.32. The molecule has 1 aromatic heterocycles. The topological polar surface area (TPSA) is 48.1 Å². The highest BCUT2D eigenvalue weighted by atomic mass is 16.5. The lowest BCUT2D eigenvalue weighted by molar-refractivity contribution is 0.412. The standard InChI is InChI=1S/C10H14N2O/c1-13-10-6-4-8-12-9(10)5-2-3-7-11/h2,4-6,8H,3,7,11H2,1H3. The maximum absolute atomic E-state index is 5.36. The van der Waals surface area contributed by atoms with E-state index >= 15 is 0 Å². The van der Waals surface area contributed by atoms with Crippen LogP contribution in [-0.4, -0.2) is 18.6 Å². The average Bonchev–Trinajstić information content (AvgIpc) is 2.19. The molecule has 0 fully saturated rings. The van der Waals surface area contributed by atoms with Gasteiger partial charge in [-0.1, -0.05) is 6.08 Å². The monoisotopic (exact) mass is 178 g/mol. The first kappa shape index (κ1) is 9.74. The van der Waals surface area contributed by atoms with Crippen molar-refractivity contribution in [2.75, 3.05) is 13.7 Å². The van der Waals surface area contributed by atoms with Crippen LogP contribution in [0.4, 0.5) is 0 Å². The minimum atomic E-state index is 0.658. The Hall–Kier alpha value is -1.35. The number of methoxy groups -OCH3 is 1. The van der Waals surface area contributed by atoms with E-state index in [4.69, 9.17) is 10.5 Å². The van der Waals surface area contributed by atoms with E-state index in [1.165, 1.54) is 0 Å². The third kappa shape index (κ3) is 2.87. The van der Waals surface area contributed by atoms with E-state index in [1.54, 1.807) is 13.3 Å². The van der Waals surface area contributed by atoms with Gasteiger partial charge in [0.1, 0.15) is 11.4 Å². The van der Waals surface area contributed by atoms with E-state index in [9.17, 15) is 0 Å². The molecule has 0 spiro atoms. The third-order valence-electron chi connectivity index (χ3n) is 1.63. The minimum Gasteiger partial charge on any atom is -0.494 e. The SMILES string of the molecule is COc1cccnc1C=CCCN. The summed E-state index contributed by atoms with van der Waals surface area (Å²) in [5, 5.41) is 0. The second-order valence-corrected chi connectivity index (χ2v) is 2.57. The van der Waals surface area contributed by atoms with E-state index in [1.807, 2.05) is 24.3 Å². The van der Waals surface area contributed by atoms with E-state index < -0.39 is 0 Å². The number of ether oxygens (including phenoxy) is 1. The van der Waals surface area contributed by atoms with Gasteiger partial charge in [0.15, 0.2) is 0 Å². The number of aromatic nitrogens is 1. The Morgan fingerprint density at radius 1 is 1.62 bits per heavy atom. The minimum absolute atomic E-state index is 0.658. The van der Waals surface area contributed by atoms with Crippen LogP contribution in [0, 0.1) is 0 Å². The predicted molar refractivity (Wildman–Crippen MR) is 53.5 cm³/mol. The number of rotatable bonds is 4. The van der Waals surface area contributed by atoms with E-state index in [0.717, 1.165) is 17.9 Å². The van der Waals surface area contributed by atoms with Crippen LogP contribution in [0.15, 0.2) is 24.4 Å². The summed E-state index contributed by atoms with van der Waals surface area (Å²) >= 11 is 0. The van der Waals surface area contributed by atoms with Gasteiger partial charge in [-0.05, 0) is 31.2 Å². The quantitative estimate of drug-likeness (QED) is 0.759. The van der Waals surface area contributed by atoms with Gasteiger partial charge < -0.3 is 10.5 Å². The molecule has 0 radical (unpaired) electrons. The first-order valence-corrected chi connectivity index (χ1v) is 4.24. The first-order chi connectivity index (χ1) is 6.38. The van der Waals surface area contributed by atoms with Crippen molar-refractivity contribution in [2.45, 2.75) is 6.42 Å². The van der Waals surface area contributed by atoms with Crippen LogP contribution in [-0.2, 0) is 0 Å². The fourth-order valence-electron chi connectivity index (χ4n) is 0.992. The van der Waals surface area contributed by atoms with E-state index in [-0.39, 0.29) is 0 Å². The molecular weight excluding hydrogens is 164 g/mol. The Bertz CT molecular complexity index is 284. The molecule has 0 unspecified atom stereocenters. The fourth-order valence-corrected chi connectivity index (χ4v) is 0.992. The summed E-state index contributed by atoms with van der Waals surface area (Å²) in [6.07, 6.45) is 6.51. The summed E-state index contributed by atoms with van der Waals surface area (Å²) < 4.78 is 5.13. The van der Waals surface area contributed by atoms with Gasteiger partial charge in [-0.3, -0.25) is 4.98 Å². The van der Waals surface area contributed by atoms with Crippen molar-refractivity contribution in [1.82, 2.24) is 4.98 Å². The molecule has 1 aromatic rings. The lowest BCUT2D eigenvalue weighted by Crippen LogP contribution is -1.95. The zero-order valence-electron chi connectivity index (χ0n) is 7.73. The van der Waals surface area contributed by atoms with Crippen LogP contribution in [0.1, 0.15) is 12.1 Å². The largest absolute Gasteiger partial charge is 0.494 e. The van der Waals surface area contributed by atoms with Crippen molar-refractivity contribution < 1.29 is 4.74 Å². The van der Waals surface area contributed by atoms with Crippen molar-refractivity contribution in [3.05, 3.63) is 30.1 Å². The molecule has 3 heteroatoms. The summed E-state index contributed by atoms with van der Waals surface area (Å²) in [6, 6.07) is 3.73. The molecule has 0 bridgehead atoms. The molecule has 2 N–H and O–H groups in total. The van der Waals surface area contributed by atoms with Gasteiger partial charge in [-0.15, -0.1) is 0 Å². The summed E-state index contributed by atoms with van der Waals surface area (Å²) in [6.45, 7) is 0.658. The molecule has 0 atom stereocenters. The fraction of sp³-hybridized carbons (Fsp3) is 0.300. The van der Waals surface area contributed by atoms with Gasteiger partial charge in [0.05, 0.1) is 7.11 Å². The Balaban J connectivity index is 2.74. The van der Waals surface area contributed by atoms with Gasteiger partial charge >= 0.3 is 0 Å². The van der Waals surface area contributed by atoms with Crippen LogP contribution in [0.25, 0.3) is 6.08 Å². The summed E-state index contributed by atoms with van der Waals surface area (Å²) in [7, 11) is 1.64. The maximum Gasteiger partial charge on any atom is 0.144 e. The van der Waals surface area contributed by atoms with Crippen molar-refractivity contribution >= 4 is 6.08 Å². The number of nitrogens with zero attached hydrogens (tertiary/aromatic N) is 1. The summed E-state index contributed by atoms with van der Waals surface area (Å²) in [4.78, 5) is 4.17. The van der Waals surface area contributed by atoms with Crippen molar-refractivity contribution in [2.24, 2.45) is 5.73 Å². The first-order valence-electron chi connectivity index (χ1n) is 4.24. The molecule has 0 aromatic carbocycles. The molecule has 1 rings (SSSR count). The molecule has 0 amide bonds. The van der Waals surface area contributed by atoms with Crippen LogP contribution in [0.3, 0.4) is 0 Å². The molecule has 0 aliphatic rings. The summed E-state index contributed by atoms with van der Waals surface area (Å²) in [5.41, 5.74) is 6.21. The Labute approximate surface area is 78.2 Å². The van der Waals surface area contributed by atoms with Crippen LogP contribution >= 0.6 is 0 Å². The maximum atomic E-state index is 5.36. The van der Waals surface area contributed by atoms with Gasteiger partial charge in [0, 0.05) is 6.20 Å². The number of hydrogen-bond donors (Lipinski definition) is 1. The second-order valence-electron chi connectivity index (χ2n) is 2.57. The molecule has 1 heterocycles. The predicted octanol–water partition coefficient (Wildman–Crippen LogP) is 1.45. The zero-order valence-corrected chi connectivity index (χ0v) is 7.73. The zero-order chi connectivity index (χ0) is 9.52. The third-order valence-corrected chi connectivity index (χ3v) is 1.63. The van der Waals surface area contributed by atoms with E-state index in [0.29, 0.717) is 6.54 Å². The van der Waals surface area contributed by atoms with Crippen LogP contribution in [0.2, 0.25) is 0 Å². The molecular formula is C10H14N2O. The highest BCUT2D eigenvalue weighted by molar-refractivity contribution is 5.52. The Morgan fingerprint density at radius 3 is 3.15 bits per heavy atom. The molecule has 3 nitrogen and oxygen atoms in total. The van der Waals surface area contributed by atoms with Crippen molar-refractivity contribution in [3.8, 4) is 5.75 Å². The van der Waals surface area contributed by atoms with Crippen molar-refractivity contribution in [1.29, 1.82) is 0 Å². The highest BCUT2D eigenvalue weighted by Gasteiger charge is 1.96. The lowest BCUT2D eigenvalue weighted by Gasteiger charge is -2.01. The molecule has 70 valence electrons. The lowest BCUT2D eigenvalue weighted by atomic mass is 10.3. The molecule has 0 aliphatic heterocycles.